The first-order valence-corrected chi connectivity index (χ1v) is 12.1. The normalized spacial score (nSPS) is 17.9. The van der Waals surface area contributed by atoms with E-state index in [1.54, 1.807) is 6.08 Å². The number of aliphatic hydroxyl groups is 1. The van der Waals surface area contributed by atoms with Crippen LogP contribution in [0.15, 0.2) is 72.8 Å². The van der Waals surface area contributed by atoms with Crippen LogP contribution in [0.3, 0.4) is 0 Å². The van der Waals surface area contributed by atoms with E-state index in [1.165, 1.54) is 16.4 Å². The van der Waals surface area contributed by atoms with Crippen molar-refractivity contribution >= 4 is 24.7 Å². The second-order valence-electron chi connectivity index (χ2n) is 8.48. The van der Waals surface area contributed by atoms with Crippen molar-refractivity contribution in [3.8, 4) is 0 Å². The van der Waals surface area contributed by atoms with E-state index in [9.17, 15) is 9.90 Å². The Morgan fingerprint density at radius 2 is 1.59 bits per heavy atom. The summed E-state index contributed by atoms with van der Waals surface area (Å²) in [7, 11) is -2.54. The van der Waals surface area contributed by atoms with Crippen LogP contribution in [0.4, 0.5) is 0 Å². The highest BCUT2D eigenvalue weighted by molar-refractivity contribution is 6.99. The monoisotopic (exact) mass is 410 g/mol. The summed E-state index contributed by atoms with van der Waals surface area (Å²) < 4.78 is 11.9. The van der Waals surface area contributed by atoms with Gasteiger partial charge in [0.15, 0.2) is 0 Å². The van der Waals surface area contributed by atoms with Crippen molar-refractivity contribution in [1.82, 2.24) is 0 Å². The number of carbonyl (C=O) groups excluding carboxylic acids is 1. The molecule has 154 valence electrons. The van der Waals surface area contributed by atoms with Crippen LogP contribution in [0.25, 0.3) is 0 Å². The number of hydrogen-bond acceptors (Lipinski definition) is 4. The lowest BCUT2D eigenvalue weighted by molar-refractivity contribution is -0.142. The lowest BCUT2D eigenvalue weighted by atomic mass is 10.1. The molecule has 4 nitrogen and oxygen atoms in total. The summed E-state index contributed by atoms with van der Waals surface area (Å²) >= 11 is 0. The largest absolute Gasteiger partial charge is 0.452 e. The molecule has 0 unspecified atom stereocenters. The highest BCUT2D eigenvalue weighted by Crippen LogP contribution is 2.36. The van der Waals surface area contributed by atoms with Crippen LogP contribution in [0, 0.1) is 0 Å². The Labute approximate surface area is 174 Å². The van der Waals surface area contributed by atoms with Gasteiger partial charge < -0.3 is 14.3 Å². The predicted octanol–water partition coefficient (Wildman–Crippen LogP) is 3.19. The number of carbonyl (C=O) groups is 1. The van der Waals surface area contributed by atoms with E-state index in [0.29, 0.717) is 19.4 Å². The van der Waals surface area contributed by atoms with Gasteiger partial charge in [-0.15, -0.1) is 0 Å². The third-order valence-corrected chi connectivity index (χ3v) is 10.5. The Balaban J connectivity index is 1.79. The molecule has 0 spiro atoms. The van der Waals surface area contributed by atoms with E-state index in [-0.39, 0.29) is 5.04 Å². The summed E-state index contributed by atoms with van der Waals surface area (Å²) in [5.74, 6) is -0.391. The van der Waals surface area contributed by atoms with Crippen LogP contribution in [-0.4, -0.2) is 38.2 Å². The van der Waals surface area contributed by atoms with Crippen LogP contribution in [0.2, 0.25) is 5.04 Å². The van der Waals surface area contributed by atoms with Crippen LogP contribution >= 0.6 is 0 Å². The lowest BCUT2D eigenvalue weighted by Crippen LogP contribution is -2.66. The number of cyclic esters (lactones) is 1. The zero-order valence-corrected chi connectivity index (χ0v) is 18.4. The van der Waals surface area contributed by atoms with Gasteiger partial charge in [-0.25, -0.2) is 4.79 Å². The molecule has 29 heavy (non-hydrogen) atoms. The zero-order valence-electron chi connectivity index (χ0n) is 17.4. The third kappa shape index (κ3) is 4.69. The molecule has 0 aromatic heterocycles. The summed E-state index contributed by atoms with van der Waals surface area (Å²) in [4.78, 5) is 11.2. The van der Waals surface area contributed by atoms with E-state index in [4.69, 9.17) is 9.16 Å². The highest BCUT2D eigenvalue weighted by Gasteiger charge is 2.49. The van der Waals surface area contributed by atoms with Crippen molar-refractivity contribution in [3.05, 3.63) is 72.8 Å². The molecule has 1 N–H and O–H groups in total. The van der Waals surface area contributed by atoms with Crippen LogP contribution in [0.5, 0.6) is 0 Å². The molecule has 0 amide bonds. The van der Waals surface area contributed by atoms with Gasteiger partial charge in [-0.3, -0.25) is 0 Å². The Morgan fingerprint density at radius 3 is 2.03 bits per heavy atom. The van der Waals surface area contributed by atoms with Gasteiger partial charge in [-0.05, 0) is 34.3 Å². The molecule has 1 aliphatic heterocycles. The van der Waals surface area contributed by atoms with Gasteiger partial charge >= 0.3 is 5.97 Å². The minimum absolute atomic E-state index is 0.0714. The van der Waals surface area contributed by atoms with Gasteiger partial charge in [0.2, 0.25) is 0 Å². The van der Waals surface area contributed by atoms with Crippen LogP contribution < -0.4 is 10.4 Å². The van der Waals surface area contributed by atoms with Crippen molar-refractivity contribution in [2.45, 2.75) is 50.9 Å². The quantitative estimate of drug-likeness (QED) is 0.413. The van der Waals surface area contributed by atoms with Crippen molar-refractivity contribution in [1.29, 1.82) is 0 Å². The molecule has 0 saturated heterocycles. The maximum Gasteiger partial charge on any atom is 0.331 e. The maximum absolute atomic E-state index is 11.2. The lowest BCUT2D eigenvalue weighted by Gasteiger charge is -2.43. The molecule has 1 aliphatic rings. The molecule has 3 rings (SSSR count). The molecule has 0 fully saturated rings. The fraction of sp³-hybridized carbons (Fsp3) is 0.375. The van der Waals surface area contributed by atoms with Crippen molar-refractivity contribution < 1.29 is 19.1 Å². The molecule has 0 bridgehead atoms. The third-order valence-electron chi connectivity index (χ3n) is 5.43. The molecule has 0 radical (unpaired) electrons. The molecular formula is C24H30O4Si. The van der Waals surface area contributed by atoms with E-state index in [0.717, 1.165) is 0 Å². The molecule has 2 aromatic carbocycles. The fourth-order valence-electron chi connectivity index (χ4n) is 4.04. The minimum Gasteiger partial charge on any atom is -0.452 e. The van der Waals surface area contributed by atoms with Gasteiger partial charge in [-0.1, -0.05) is 81.4 Å². The molecule has 2 aromatic rings. The Hall–Kier alpha value is -2.21. The number of rotatable bonds is 8. The summed E-state index contributed by atoms with van der Waals surface area (Å²) in [5.41, 5.74) is 0. The molecule has 0 saturated carbocycles. The van der Waals surface area contributed by atoms with Gasteiger partial charge in [0.25, 0.3) is 8.32 Å². The van der Waals surface area contributed by atoms with Gasteiger partial charge in [0.1, 0.15) is 6.10 Å². The fourth-order valence-corrected chi connectivity index (χ4v) is 8.64. The van der Waals surface area contributed by atoms with Gasteiger partial charge in [0, 0.05) is 12.7 Å². The summed E-state index contributed by atoms with van der Waals surface area (Å²) in [6, 6.07) is 21.0. The van der Waals surface area contributed by atoms with E-state index in [2.05, 4.69) is 69.3 Å². The molecule has 0 aliphatic carbocycles. The van der Waals surface area contributed by atoms with E-state index < -0.39 is 26.5 Å². The topological polar surface area (TPSA) is 55.8 Å². The highest BCUT2D eigenvalue weighted by atomic mass is 28.4. The van der Waals surface area contributed by atoms with Crippen molar-refractivity contribution in [3.63, 3.8) is 0 Å². The Bertz CT molecular complexity index is 787. The Morgan fingerprint density at radius 1 is 1.03 bits per heavy atom. The first-order chi connectivity index (χ1) is 13.8. The first kappa shape index (κ1) is 21.5. The van der Waals surface area contributed by atoms with Crippen LogP contribution in [-0.2, 0) is 14.0 Å². The number of benzene rings is 2. The average Bonchev–Trinajstić information content (AvgIpc) is 3.15. The molecule has 5 heteroatoms. The molecule has 2 atom stereocenters. The second kappa shape index (κ2) is 9.07. The number of ether oxygens (including phenoxy) is 1. The van der Waals surface area contributed by atoms with Crippen molar-refractivity contribution in [2.24, 2.45) is 0 Å². The zero-order chi connectivity index (χ0) is 20.9. The molecular weight excluding hydrogens is 380 g/mol. The number of hydrogen-bond donors (Lipinski definition) is 1. The minimum atomic E-state index is -2.54. The summed E-state index contributed by atoms with van der Waals surface area (Å²) in [6.45, 7) is 7.28. The first-order valence-electron chi connectivity index (χ1n) is 10.2. The average molecular weight is 411 g/mol. The number of esters is 1. The second-order valence-corrected chi connectivity index (χ2v) is 12.8. The van der Waals surface area contributed by atoms with Gasteiger partial charge in [0.05, 0.1) is 6.10 Å². The standard InChI is InChI=1S/C24H30O4Si/c1-24(2,3)29(19-11-6-4-7-12-19,20-13-8-5-9-14-20)27-18-10-15-21(25)22-16-17-23(26)28-22/h4-9,11-14,16-17,21-22,25H,10,15,18H2,1-3H3/t21-,22-/m0/s1. The summed E-state index contributed by atoms with van der Waals surface area (Å²) in [6.07, 6.45) is 2.94. The van der Waals surface area contributed by atoms with E-state index in [1.807, 2.05) is 12.1 Å². The molecule has 1 heterocycles. The van der Waals surface area contributed by atoms with Gasteiger partial charge in [-0.2, -0.15) is 0 Å². The smallest absolute Gasteiger partial charge is 0.331 e. The van der Waals surface area contributed by atoms with E-state index >= 15 is 0 Å². The maximum atomic E-state index is 11.2. The van der Waals surface area contributed by atoms with Crippen molar-refractivity contribution in [2.75, 3.05) is 6.61 Å². The summed E-state index contributed by atoms with van der Waals surface area (Å²) in [5, 5.41) is 12.7. The SMILES string of the molecule is CC(C)(C)[Si](OCCC[C@H](O)[C@@H]1C=CC(=O)O1)(c1ccccc1)c1ccccc1. The van der Waals surface area contributed by atoms with Crippen LogP contribution in [0.1, 0.15) is 33.6 Å². The Kier molecular flexibility index (Phi) is 6.73. The predicted molar refractivity (Wildman–Crippen MR) is 118 cm³/mol. The number of aliphatic hydroxyl groups excluding tert-OH is 1.